The standard InChI is InChI=1S/C34H40BN5O6/c1-3-14-40(15-4-2)33(42)25-16-23-10-11-24(17-29(23)39-31(36)18-25)32(41)37-20-30-27-13-12-26(19-28(27)35(44)46-30)38-34(43)45-21-22-8-6-5-7-9-22/h5-13,16-17,19,30,32,37,41,44H,3-4,14-15,18,20-21H2,1-2H3,(H2,36,39)(H,38,43). The Morgan fingerprint density at radius 2 is 1.87 bits per heavy atom. The quantitative estimate of drug-likeness (QED) is 0.150. The summed E-state index contributed by atoms with van der Waals surface area (Å²) in [7, 11) is -1.19. The molecule has 0 bridgehead atoms. The molecular formula is C34H40BN5O6. The molecule has 5 rings (SSSR count). The lowest BCUT2D eigenvalue weighted by Crippen LogP contribution is -2.34. The summed E-state index contributed by atoms with van der Waals surface area (Å²) in [5.41, 5.74) is 11.3. The normalized spacial score (nSPS) is 16.0. The van der Waals surface area contributed by atoms with Crippen molar-refractivity contribution in [2.24, 2.45) is 10.7 Å². The number of nitrogens with two attached hydrogens (primary N) is 1. The largest absolute Gasteiger partial charge is 0.492 e. The Bertz CT molecular complexity index is 1610. The topological polar surface area (TPSA) is 159 Å². The van der Waals surface area contributed by atoms with E-state index in [1.54, 1.807) is 30.3 Å². The lowest BCUT2D eigenvalue weighted by atomic mass is 9.79. The number of hydrogen-bond acceptors (Lipinski definition) is 9. The summed E-state index contributed by atoms with van der Waals surface area (Å²) in [5, 5.41) is 27.3. The van der Waals surface area contributed by atoms with Gasteiger partial charge in [-0.25, -0.2) is 9.79 Å². The summed E-state index contributed by atoms with van der Waals surface area (Å²) in [6.07, 6.45) is 1.60. The third-order valence-corrected chi connectivity index (χ3v) is 7.83. The van der Waals surface area contributed by atoms with E-state index in [-0.39, 0.29) is 25.5 Å². The number of carbonyl (C=O) groups excluding carboxylic acids is 2. The molecule has 0 fully saturated rings. The molecule has 240 valence electrons. The number of amides is 2. The number of amidine groups is 1. The SMILES string of the molecule is CCCN(CCC)C(=O)C1=Cc2ccc(C(O)NCC3OB(O)c4cc(NC(=O)OCc5ccccc5)ccc43)cc2N=C(N)C1. The Balaban J connectivity index is 1.21. The Kier molecular flexibility index (Phi) is 10.9. The zero-order valence-corrected chi connectivity index (χ0v) is 26.1. The summed E-state index contributed by atoms with van der Waals surface area (Å²) in [6, 6.07) is 19.8. The van der Waals surface area contributed by atoms with Crippen molar-refractivity contribution in [1.82, 2.24) is 10.2 Å². The fraction of sp³-hybridized carbons (Fsp3) is 0.324. The van der Waals surface area contributed by atoms with Crippen molar-refractivity contribution in [3.63, 3.8) is 0 Å². The second kappa shape index (κ2) is 15.2. The number of aliphatic hydroxyl groups is 1. The summed E-state index contributed by atoms with van der Waals surface area (Å²) in [4.78, 5) is 31.9. The van der Waals surface area contributed by atoms with Crippen LogP contribution in [0.1, 0.15) is 67.7 Å². The fourth-order valence-corrected chi connectivity index (χ4v) is 5.61. The number of anilines is 1. The predicted octanol–water partition coefficient (Wildman–Crippen LogP) is 3.90. The van der Waals surface area contributed by atoms with Gasteiger partial charge in [0, 0.05) is 42.9 Å². The molecule has 6 N–H and O–H groups in total. The fourth-order valence-electron chi connectivity index (χ4n) is 5.61. The molecule has 2 atom stereocenters. The number of carbonyl (C=O) groups is 2. The molecule has 0 aliphatic carbocycles. The van der Waals surface area contributed by atoms with Crippen LogP contribution >= 0.6 is 0 Å². The molecule has 0 spiro atoms. The van der Waals surface area contributed by atoms with Crippen LogP contribution in [-0.2, 0) is 20.8 Å². The summed E-state index contributed by atoms with van der Waals surface area (Å²) in [6.45, 7) is 5.79. The molecule has 0 aromatic heterocycles. The maximum Gasteiger partial charge on any atom is 0.492 e. The van der Waals surface area contributed by atoms with E-state index in [0.717, 1.165) is 29.5 Å². The van der Waals surface area contributed by atoms with E-state index in [2.05, 4.69) is 15.6 Å². The summed E-state index contributed by atoms with van der Waals surface area (Å²) in [5.74, 6) is 0.291. The molecule has 3 aromatic rings. The highest BCUT2D eigenvalue weighted by atomic mass is 16.5. The number of rotatable bonds is 12. The van der Waals surface area contributed by atoms with Crippen LogP contribution in [0, 0.1) is 0 Å². The molecular weight excluding hydrogens is 585 g/mol. The van der Waals surface area contributed by atoms with E-state index in [9.17, 15) is 19.7 Å². The Morgan fingerprint density at radius 3 is 2.61 bits per heavy atom. The molecule has 2 aliphatic heterocycles. The average molecular weight is 626 g/mol. The van der Waals surface area contributed by atoms with Gasteiger partial charge in [0.2, 0.25) is 5.91 Å². The smallest absolute Gasteiger partial charge is 0.444 e. The second-order valence-electron chi connectivity index (χ2n) is 11.4. The number of benzene rings is 3. The van der Waals surface area contributed by atoms with Gasteiger partial charge in [-0.15, -0.1) is 0 Å². The Labute approximate surface area is 269 Å². The molecule has 0 saturated heterocycles. The highest BCUT2D eigenvalue weighted by Gasteiger charge is 2.35. The average Bonchev–Trinajstić information content (AvgIpc) is 3.26. The van der Waals surface area contributed by atoms with Crippen LogP contribution in [0.15, 0.2) is 77.3 Å². The number of nitrogens with one attached hydrogen (secondary N) is 2. The van der Waals surface area contributed by atoms with Crippen molar-refractivity contribution in [1.29, 1.82) is 0 Å². The van der Waals surface area contributed by atoms with Crippen molar-refractivity contribution in [3.8, 4) is 0 Å². The molecule has 2 amide bonds. The van der Waals surface area contributed by atoms with Crippen LogP contribution in [-0.4, -0.2) is 59.6 Å². The zero-order valence-electron chi connectivity index (χ0n) is 26.1. The zero-order chi connectivity index (χ0) is 32.6. The molecule has 46 heavy (non-hydrogen) atoms. The van der Waals surface area contributed by atoms with Gasteiger partial charge in [0.05, 0.1) is 11.8 Å². The van der Waals surface area contributed by atoms with E-state index in [1.807, 2.05) is 61.2 Å². The molecule has 0 radical (unpaired) electrons. The molecule has 12 heteroatoms. The van der Waals surface area contributed by atoms with Crippen LogP contribution in [0.2, 0.25) is 0 Å². The maximum atomic E-state index is 13.3. The minimum atomic E-state index is -1.19. The van der Waals surface area contributed by atoms with E-state index in [1.165, 1.54) is 0 Å². The lowest BCUT2D eigenvalue weighted by Gasteiger charge is -2.22. The molecule has 3 aromatic carbocycles. The predicted molar refractivity (Wildman–Crippen MR) is 179 cm³/mol. The first-order valence-corrected chi connectivity index (χ1v) is 15.6. The van der Waals surface area contributed by atoms with Gasteiger partial charge in [0.15, 0.2) is 0 Å². The first kappa shape index (κ1) is 32.9. The van der Waals surface area contributed by atoms with Gasteiger partial charge >= 0.3 is 13.2 Å². The third-order valence-electron chi connectivity index (χ3n) is 7.83. The van der Waals surface area contributed by atoms with Crippen LogP contribution in [0.25, 0.3) is 6.08 Å². The van der Waals surface area contributed by atoms with Crippen LogP contribution < -0.4 is 21.8 Å². The number of ether oxygens (including phenoxy) is 1. The summed E-state index contributed by atoms with van der Waals surface area (Å²) >= 11 is 0. The van der Waals surface area contributed by atoms with Crippen molar-refractivity contribution >= 4 is 47.9 Å². The Morgan fingerprint density at radius 1 is 1.11 bits per heavy atom. The maximum absolute atomic E-state index is 13.3. The van der Waals surface area contributed by atoms with Gasteiger partial charge in [0.25, 0.3) is 0 Å². The van der Waals surface area contributed by atoms with Crippen molar-refractivity contribution < 1.29 is 29.1 Å². The van der Waals surface area contributed by atoms with Gasteiger partial charge in [-0.2, -0.15) is 0 Å². The molecule has 0 saturated carbocycles. The first-order valence-electron chi connectivity index (χ1n) is 15.6. The molecule has 2 aliphatic rings. The molecule has 2 unspecified atom stereocenters. The number of aliphatic imine (C=N–C) groups is 1. The highest BCUT2D eigenvalue weighted by Crippen LogP contribution is 2.31. The van der Waals surface area contributed by atoms with E-state index in [4.69, 9.17) is 15.1 Å². The van der Waals surface area contributed by atoms with Crippen LogP contribution in [0.4, 0.5) is 16.2 Å². The third kappa shape index (κ3) is 8.02. The number of nitrogens with zero attached hydrogens (tertiary/aromatic N) is 2. The number of fused-ring (bicyclic) bond motifs is 2. The van der Waals surface area contributed by atoms with Crippen molar-refractivity contribution in [3.05, 3.63) is 94.6 Å². The van der Waals surface area contributed by atoms with E-state index in [0.29, 0.717) is 46.9 Å². The Hall–Kier alpha value is -4.49. The van der Waals surface area contributed by atoms with Crippen LogP contribution in [0.5, 0.6) is 0 Å². The summed E-state index contributed by atoms with van der Waals surface area (Å²) < 4.78 is 11.0. The minimum Gasteiger partial charge on any atom is -0.444 e. The molecule has 2 heterocycles. The van der Waals surface area contributed by atoms with Gasteiger partial charge in [0.1, 0.15) is 18.7 Å². The van der Waals surface area contributed by atoms with Gasteiger partial charge in [-0.05, 0) is 59.3 Å². The van der Waals surface area contributed by atoms with E-state index < -0.39 is 25.5 Å². The second-order valence-corrected chi connectivity index (χ2v) is 11.4. The van der Waals surface area contributed by atoms with E-state index >= 15 is 0 Å². The van der Waals surface area contributed by atoms with Crippen molar-refractivity contribution in [2.75, 3.05) is 25.0 Å². The van der Waals surface area contributed by atoms with Crippen molar-refractivity contribution in [2.45, 2.75) is 52.0 Å². The molecule has 11 nitrogen and oxygen atoms in total. The van der Waals surface area contributed by atoms with Gasteiger partial charge in [-0.3, -0.25) is 15.4 Å². The van der Waals surface area contributed by atoms with Gasteiger partial charge < -0.3 is 30.2 Å². The van der Waals surface area contributed by atoms with Gasteiger partial charge in [-0.1, -0.05) is 62.4 Å². The van der Waals surface area contributed by atoms with Crippen LogP contribution in [0.3, 0.4) is 0 Å². The lowest BCUT2D eigenvalue weighted by molar-refractivity contribution is -0.127. The monoisotopic (exact) mass is 625 g/mol. The number of hydrogen-bond donors (Lipinski definition) is 5. The minimum absolute atomic E-state index is 0.0367. The highest BCUT2D eigenvalue weighted by molar-refractivity contribution is 6.62. The number of aliphatic hydroxyl groups excluding tert-OH is 1. The first-order chi connectivity index (χ1) is 22.2.